The summed E-state index contributed by atoms with van der Waals surface area (Å²) in [5.74, 6) is -12.2. The maximum absolute atomic E-state index is 14.4. The van der Waals surface area contributed by atoms with Gasteiger partial charge < -0.3 is 35.3 Å². The third-order valence-electron chi connectivity index (χ3n) is 3.60. The Bertz CT molecular complexity index is 892. The van der Waals surface area contributed by atoms with E-state index in [-0.39, 0.29) is 0 Å². The maximum Gasteiger partial charge on any atom is 0.994 e. The average molecular weight is 414 g/mol. The summed E-state index contributed by atoms with van der Waals surface area (Å²) in [4.78, 5) is 0. The number of carbonyl (C=O) groups excluding carboxylic acids is 2. The van der Waals surface area contributed by atoms with Crippen molar-refractivity contribution >= 4 is 25.8 Å². The lowest BCUT2D eigenvalue weighted by Gasteiger charge is -2.19. The van der Waals surface area contributed by atoms with Gasteiger partial charge in [-0.15, -0.1) is 0 Å². The molecule has 0 saturated heterocycles. The Morgan fingerprint density at radius 3 is 1.18 bits per heavy atom. The predicted molar refractivity (Wildman–Crippen MR) is 80.6 cm³/mol. The highest BCUT2D eigenvalue weighted by molar-refractivity contribution is 6.51. The zero-order valence-corrected chi connectivity index (χ0v) is 14.0. The molecule has 2 heterocycles. The molecule has 0 atom stereocenters. The van der Waals surface area contributed by atoms with Crippen molar-refractivity contribution in [2.24, 2.45) is 0 Å². The average Bonchev–Trinajstić information content (AvgIpc) is 2.49. The van der Waals surface area contributed by atoms with Gasteiger partial charge in [-0.1, -0.05) is 0 Å². The van der Waals surface area contributed by atoms with Crippen LogP contribution in [0.1, 0.15) is 33.7 Å². The molecule has 1 aromatic rings. The van der Waals surface area contributed by atoms with Crippen LogP contribution in [0.4, 0.5) is 34.8 Å². The molecule has 0 fully saturated rings. The van der Waals surface area contributed by atoms with Crippen LogP contribution in [0, 0.1) is 23.3 Å². The van der Waals surface area contributed by atoms with E-state index < -0.39 is 71.7 Å². The van der Waals surface area contributed by atoms with Crippen LogP contribution < -0.4 is 0 Å². The molecule has 0 unspecified atom stereocenters. The number of rotatable bonds is 2. The second-order valence-corrected chi connectivity index (χ2v) is 5.79. The molecule has 1 aromatic carbocycles. The zero-order valence-electron chi connectivity index (χ0n) is 14.0. The summed E-state index contributed by atoms with van der Waals surface area (Å²) in [6.45, 7) is 1.97. The van der Waals surface area contributed by atoms with Crippen LogP contribution >= 0.6 is 0 Å². The van der Waals surface area contributed by atoms with Gasteiger partial charge in [-0.25, -0.2) is 17.6 Å². The Balaban J connectivity index is 2.25. The molecule has 0 aromatic heterocycles. The SMILES string of the molecule is CC1=CC(c2c(F)c(F)c(C3=[O+][B-](F)(F)OC(C)=C3)c(F)c2F)=[O+][B-](F)(F)O1. The third kappa shape index (κ3) is 3.50. The van der Waals surface area contributed by atoms with Crippen LogP contribution in [0.5, 0.6) is 0 Å². The standard InChI is InChI=1S/C14H8B2F8O4/c1-5-3-7(27-15(21,22)25-5)9-11(17)13(19)10(14(20)12(9)18)8-4-6(2)26-16(23,24)28-8/h3-4H,1-2H3. The monoisotopic (exact) mass is 414 g/mol. The molecule has 0 amide bonds. The normalized spacial score (nSPS) is 20.4. The first-order valence-electron chi connectivity index (χ1n) is 7.54. The summed E-state index contributed by atoms with van der Waals surface area (Å²) in [5, 5.41) is 0. The first kappa shape index (κ1) is 20.0. The number of hydrogen-bond donors (Lipinski definition) is 0. The Hall–Kier alpha value is -2.79. The molecular formula is C14H8B2F8O4. The fraction of sp³-hybridized carbons (Fsp3) is 0.143. The number of hydrogen-bond acceptors (Lipinski definition) is 2. The summed E-state index contributed by atoms with van der Waals surface area (Å²) >= 11 is 0. The lowest BCUT2D eigenvalue weighted by atomic mass is 9.99. The molecule has 0 N–H and O–H groups in total. The molecule has 0 spiro atoms. The highest BCUT2D eigenvalue weighted by Gasteiger charge is 2.55. The van der Waals surface area contributed by atoms with Crippen LogP contribution in [-0.4, -0.2) is 25.8 Å². The molecule has 14 heteroatoms. The quantitative estimate of drug-likeness (QED) is 0.314. The highest BCUT2D eigenvalue weighted by atomic mass is 19.3. The molecule has 4 nitrogen and oxygen atoms in total. The smallest absolute Gasteiger partial charge is 0.572 e. The number of halogens is 8. The first-order valence-corrected chi connectivity index (χ1v) is 7.54. The number of ketones is 2. The second-order valence-electron chi connectivity index (χ2n) is 5.79. The summed E-state index contributed by atoms with van der Waals surface area (Å²) in [7, 11) is -10.1. The fourth-order valence-electron chi connectivity index (χ4n) is 2.61. The first-order chi connectivity index (χ1) is 12.8. The Morgan fingerprint density at radius 2 is 0.929 bits per heavy atom. The van der Waals surface area contributed by atoms with Crippen molar-refractivity contribution in [3.63, 3.8) is 0 Å². The van der Waals surface area contributed by atoms with Crippen molar-refractivity contribution in [2.75, 3.05) is 0 Å². The van der Waals surface area contributed by atoms with Gasteiger partial charge in [0.05, 0.1) is 23.7 Å². The van der Waals surface area contributed by atoms with Crippen LogP contribution in [0.2, 0.25) is 0 Å². The minimum Gasteiger partial charge on any atom is -0.572 e. The molecule has 0 radical (unpaired) electrons. The molecule has 0 saturated carbocycles. The number of allylic oxidation sites excluding steroid dienone is 4. The lowest BCUT2D eigenvalue weighted by molar-refractivity contribution is -0.190. The maximum atomic E-state index is 14.4. The Labute approximate surface area is 151 Å². The van der Waals surface area contributed by atoms with Crippen molar-refractivity contribution in [1.29, 1.82) is 0 Å². The van der Waals surface area contributed by atoms with Gasteiger partial charge in [0.1, 0.15) is 11.1 Å². The topological polar surface area (TPSA) is 41.1 Å². The van der Waals surface area contributed by atoms with Crippen molar-refractivity contribution in [3.8, 4) is 0 Å². The molecule has 0 aliphatic carbocycles. The van der Waals surface area contributed by atoms with E-state index in [4.69, 9.17) is 0 Å². The van der Waals surface area contributed by atoms with Gasteiger partial charge in [0.25, 0.3) is 11.6 Å². The van der Waals surface area contributed by atoms with E-state index in [1.807, 2.05) is 0 Å². The van der Waals surface area contributed by atoms with Crippen molar-refractivity contribution in [2.45, 2.75) is 13.8 Å². The van der Waals surface area contributed by atoms with Crippen LogP contribution in [-0.2, 0) is 9.31 Å². The van der Waals surface area contributed by atoms with E-state index in [1.165, 1.54) is 0 Å². The summed E-state index contributed by atoms with van der Waals surface area (Å²) < 4.78 is 127. The van der Waals surface area contributed by atoms with Crippen molar-refractivity contribution in [1.82, 2.24) is 0 Å². The minimum absolute atomic E-state index is 0.544. The minimum atomic E-state index is -5.05. The van der Waals surface area contributed by atoms with Crippen LogP contribution in [0.25, 0.3) is 0 Å². The molecule has 0 bridgehead atoms. The van der Waals surface area contributed by atoms with Gasteiger partial charge in [-0.2, -0.15) is 0 Å². The molecule has 150 valence electrons. The molecule has 2 aliphatic heterocycles. The predicted octanol–water partition coefficient (Wildman–Crippen LogP) is 4.30. The van der Waals surface area contributed by atoms with E-state index in [0.29, 0.717) is 12.2 Å². The van der Waals surface area contributed by atoms with Gasteiger partial charge in [0.15, 0.2) is 23.3 Å². The second kappa shape index (κ2) is 6.38. The third-order valence-corrected chi connectivity index (χ3v) is 3.60. The van der Waals surface area contributed by atoms with Gasteiger partial charge in [0.2, 0.25) is 0 Å². The lowest BCUT2D eigenvalue weighted by Crippen LogP contribution is -2.33. The van der Waals surface area contributed by atoms with Crippen molar-refractivity contribution in [3.05, 3.63) is 58.1 Å². The molecule has 28 heavy (non-hydrogen) atoms. The van der Waals surface area contributed by atoms with E-state index in [9.17, 15) is 34.8 Å². The summed E-state index contributed by atoms with van der Waals surface area (Å²) in [6, 6.07) is 0. The zero-order chi connectivity index (χ0) is 21.0. The number of benzene rings is 1. The molecule has 3 rings (SSSR count). The Kier molecular flexibility index (Phi) is 4.55. The summed E-state index contributed by atoms with van der Waals surface area (Å²) in [6.07, 6.45) is 1.16. The molecular weight excluding hydrogens is 406 g/mol. The van der Waals surface area contributed by atoms with Gasteiger partial charge in [0, 0.05) is 0 Å². The van der Waals surface area contributed by atoms with Gasteiger partial charge >= 0.3 is 14.2 Å². The van der Waals surface area contributed by atoms with Crippen LogP contribution in [0.3, 0.4) is 0 Å². The Morgan fingerprint density at radius 1 is 0.643 bits per heavy atom. The fourth-order valence-corrected chi connectivity index (χ4v) is 2.61. The summed E-state index contributed by atoms with van der Waals surface area (Å²) in [5.41, 5.74) is -3.21. The van der Waals surface area contributed by atoms with E-state index in [0.717, 1.165) is 13.8 Å². The van der Waals surface area contributed by atoms with Gasteiger partial charge in [-0.3, -0.25) is 0 Å². The van der Waals surface area contributed by atoms with Crippen LogP contribution in [0.15, 0.2) is 23.7 Å². The van der Waals surface area contributed by atoms with E-state index in [1.54, 1.807) is 0 Å². The molecule has 2 aliphatic rings. The van der Waals surface area contributed by atoms with E-state index >= 15 is 0 Å². The van der Waals surface area contributed by atoms with Gasteiger partial charge in [-0.05, 0) is 13.8 Å². The highest BCUT2D eigenvalue weighted by Crippen LogP contribution is 2.31. The van der Waals surface area contributed by atoms with Crippen molar-refractivity contribution < 1.29 is 52.8 Å². The van der Waals surface area contributed by atoms with E-state index in [2.05, 4.69) is 18.0 Å². The largest absolute Gasteiger partial charge is 0.994 e.